The first-order chi connectivity index (χ1) is 5.09. The van der Waals surface area contributed by atoms with Crippen molar-refractivity contribution in [1.82, 2.24) is 11.1 Å². The monoisotopic (exact) mass is 156 g/mol. The Morgan fingerprint density at radius 2 is 2.18 bits per heavy atom. The maximum atomic E-state index is 10.8. The Bertz CT molecular complexity index is 180. The van der Waals surface area contributed by atoms with E-state index >= 15 is 0 Å². The summed E-state index contributed by atoms with van der Waals surface area (Å²) in [7, 11) is 0. The summed E-state index contributed by atoms with van der Waals surface area (Å²) in [5.74, 6) is -1.67. The lowest BCUT2D eigenvalue weighted by molar-refractivity contribution is -0.134. The summed E-state index contributed by atoms with van der Waals surface area (Å²) in [5.41, 5.74) is 10.5. The molecule has 2 amide bonds. The highest BCUT2D eigenvalue weighted by Crippen LogP contribution is 2.18. The van der Waals surface area contributed by atoms with Crippen LogP contribution in [0.3, 0.4) is 0 Å². The Hall–Kier alpha value is -1.10. The molecule has 4 N–H and O–H groups in total. The lowest BCUT2D eigenvalue weighted by Crippen LogP contribution is -2.58. The normalized spacial score (nSPS) is 21.5. The van der Waals surface area contributed by atoms with E-state index in [1.807, 2.05) is 0 Å². The molecular weight excluding hydrogens is 146 g/mol. The number of nitrogens with one attached hydrogen (secondary N) is 2. The highest BCUT2D eigenvalue weighted by molar-refractivity contribution is 6.08. The molecule has 0 aliphatic carbocycles. The summed E-state index contributed by atoms with van der Waals surface area (Å²) < 4.78 is 0. The molecule has 1 atom stereocenters. The molecule has 5 nitrogen and oxygen atoms in total. The summed E-state index contributed by atoms with van der Waals surface area (Å²) in [5, 5.41) is 2.66. The van der Waals surface area contributed by atoms with Crippen molar-refractivity contribution >= 4 is 11.8 Å². The van der Waals surface area contributed by atoms with Gasteiger partial charge < -0.3 is 5.73 Å². The fraction of sp³-hybridized carbons (Fsp3) is 0.667. The molecule has 0 aromatic carbocycles. The predicted octanol–water partition coefficient (Wildman–Crippen LogP) is -1.60. The van der Waals surface area contributed by atoms with E-state index in [-0.39, 0.29) is 0 Å². The van der Waals surface area contributed by atoms with E-state index in [1.165, 1.54) is 0 Å². The van der Waals surface area contributed by atoms with E-state index in [4.69, 9.17) is 11.5 Å². The molecule has 1 aliphatic heterocycles. The van der Waals surface area contributed by atoms with Crippen molar-refractivity contribution in [3.63, 3.8) is 0 Å². The summed E-state index contributed by atoms with van der Waals surface area (Å²) >= 11 is 0. The molecule has 11 heavy (non-hydrogen) atoms. The van der Waals surface area contributed by atoms with Gasteiger partial charge in [0.2, 0.25) is 5.91 Å². The van der Waals surface area contributed by atoms with Crippen molar-refractivity contribution in [1.29, 1.82) is 0 Å². The zero-order valence-electron chi connectivity index (χ0n) is 6.02. The highest BCUT2D eigenvalue weighted by atomic mass is 16.2. The largest absolute Gasteiger partial charge is 0.368 e. The molecule has 1 radical (unpaired) electrons. The Kier molecular flexibility index (Phi) is 1.82. The van der Waals surface area contributed by atoms with Crippen LogP contribution in [0.1, 0.15) is 12.8 Å². The first-order valence-electron chi connectivity index (χ1n) is 3.40. The Balaban J connectivity index is 2.87. The molecule has 0 bridgehead atoms. The second-order valence-corrected chi connectivity index (χ2v) is 2.63. The number of carbonyl (C=O) groups excluding carboxylic acids is 2. The standard InChI is InChI=1S/C6H10N3O2/c7-4(10)6(5(8)11)2-1-3-9-6/h7,9H,1-3H2,(H2,8,11)/t6-/m0/s1. The van der Waals surface area contributed by atoms with Gasteiger partial charge in [0.15, 0.2) is 5.54 Å². The summed E-state index contributed by atoms with van der Waals surface area (Å²) in [6, 6.07) is 0. The molecule has 0 unspecified atom stereocenters. The zero-order chi connectivity index (χ0) is 8.48. The van der Waals surface area contributed by atoms with Gasteiger partial charge in [0, 0.05) is 0 Å². The average molecular weight is 156 g/mol. The van der Waals surface area contributed by atoms with Crippen molar-refractivity contribution in [2.45, 2.75) is 18.4 Å². The predicted molar refractivity (Wildman–Crippen MR) is 37.3 cm³/mol. The molecule has 1 rings (SSSR count). The fourth-order valence-electron chi connectivity index (χ4n) is 1.26. The molecule has 1 fully saturated rings. The van der Waals surface area contributed by atoms with E-state index in [9.17, 15) is 9.59 Å². The maximum Gasteiger partial charge on any atom is 0.268 e. The van der Waals surface area contributed by atoms with Crippen LogP contribution in [0.15, 0.2) is 0 Å². The van der Waals surface area contributed by atoms with Crippen LogP contribution >= 0.6 is 0 Å². The number of nitrogens with two attached hydrogens (primary N) is 1. The van der Waals surface area contributed by atoms with Crippen LogP contribution in [-0.2, 0) is 9.59 Å². The molecule has 0 spiro atoms. The van der Waals surface area contributed by atoms with Gasteiger partial charge in [0.25, 0.3) is 5.91 Å². The third-order valence-electron chi connectivity index (χ3n) is 1.96. The Labute approximate surface area is 64.1 Å². The molecule has 1 saturated heterocycles. The SMILES string of the molecule is [NH]C(=O)[C@]1(C(N)=O)CCCN1. The summed E-state index contributed by atoms with van der Waals surface area (Å²) in [6.07, 6.45) is 1.07. The molecule has 61 valence electrons. The maximum absolute atomic E-state index is 10.8. The van der Waals surface area contributed by atoms with Crippen molar-refractivity contribution in [2.75, 3.05) is 6.54 Å². The Morgan fingerprint density at radius 3 is 2.36 bits per heavy atom. The van der Waals surface area contributed by atoms with Crippen molar-refractivity contribution in [3.8, 4) is 0 Å². The minimum absolute atomic E-state index is 0.352. The van der Waals surface area contributed by atoms with Crippen LogP contribution in [0.2, 0.25) is 0 Å². The van der Waals surface area contributed by atoms with Gasteiger partial charge in [-0.15, -0.1) is 0 Å². The second kappa shape index (κ2) is 2.50. The fourth-order valence-corrected chi connectivity index (χ4v) is 1.26. The van der Waals surface area contributed by atoms with Crippen LogP contribution in [-0.4, -0.2) is 23.9 Å². The van der Waals surface area contributed by atoms with E-state index in [0.717, 1.165) is 0 Å². The molecule has 0 saturated carbocycles. The van der Waals surface area contributed by atoms with Crippen LogP contribution in [0.5, 0.6) is 0 Å². The van der Waals surface area contributed by atoms with Gasteiger partial charge in [-0.25, -0.2) is 0 Å². The van der Waals surface area contributed by atoms with Crippen molar-refractivity contribution < 1.29 is 9.59 Å². The first kappa shape index (κ1) is 8.00. The van der Waals surface area contributed by atoms with Gasteiger partial charge in [0.1, 0.15) is 0 Å². The van der Waals surface area contributed by atoms with Crippen molar-refractivity contribution in [2.24, 2.45) is 5.73 Å². The third-order valence-corrected chi connectivity index (χ3v) is 1.96. The smallest absolute Gasteiger partial charge is 0.268 e. The molecule has 0 aromatic heterocycles. The number of hydrogen-bond donors (Lipinski definition) is 2. The van der Waals surface area contributed by atoms with Crippen LogP contribution in [0, 0.1) is 0 Å². The molecule has 0 aromatic rings. The quantitative estimate of drug-likeness (QED) is 0.471. The van der Waals surface area contributed by atoms with E-state index in [0.29, 0.717) is 19.4 Å². The molecule has 1 aliphatic rings. The highest BCUT2D eigenvalue weighted by Gasteiger charge is 2.45. The topological polar surface area (TPSA) is 96.0 Å². The average Bonchev–Trinajstić information content (AvgIpc) is 2.34. The molecular formula is C6H10N3O2. The van der Waals surface area contributed by atoms with E-state index in [2.05, 4.69) is 5.32 Å². The van der Waals surface area contributed by atoms with Gasteiger partial charge in [-0.2, -0.15) is 0 Å². The summed E-state index contributed by atoms with van der Waals surface area (Å²) in [4.78, 5) is 21.5. The first-order valence-corrected chi connectivity index (χ1v) is 3.40. The lowest BCUT2D eigenvalue weighted by atomic mass is 9.96. The van der Waals surface area contributed by atoms with Gasteiger partial charge in [-0.1, -0.05) is 0 Å². The van der Waals surface area contributed by atoms with Gasteiger partial charge in [0.05, 0.1) is 0 Å². The molecule has 1 heterocycles. The third kappa shape index (κ3) is 1.07. The minimum atomic E-state index is -1.39. The van der Waals surface area contributed by atoms with Gasteiger partial charge >= 0.3 is 0 Å². The Morgan fingerprint density at radius 1 is 1.55 bits per heavy atom. The number of carbonyl (C=O) groups is 2. The van der Waals surface area contributed by atoms with Crippen LogP contribution in [0.4, 0.5) is 0 Å². The van der Waals surface area contributed by atoms with E-state index in [1.54, 1.807) is 0 Å². The summed E-state index contributed by atoms with van der Waals surface area (Å²) in [6.45, 7) is 0.577. The molecule has 5 heteroatoms. The van der Waals surface area contributed by atoms with Crippen molar-refractivity contribution in [3.05, 3.63) is 0 Å². The minimum Gasteiger partial charge on any atom is -0.368 e. The van der Waals surface area contributed by atoms with Crippen LogP contribution < -0.4 is 16.8 Å². The number of amides is 2. The lowest BCUT2D eigenvalue weighted by Gasteiger charge is -2.19. The number of primary amides is 1. The second-order valence-electron chi connectivity index (χ2n) is 2.63. The number of hydrogen-bond acceptors (Lipinski definition) is 3. The zero-order valence-corrected chi connectivity index (χ0v) is 6.02. The number of rotatable bonds is 2. The van der Waals surface area contributed by atoms with Gasteiger partial charge in [-0.3, -0.25) is 20.6 Å². The van der Waals surface area contributed by atoms with Crippen LogP contribution in [0.25, 0.3) is 0 Å². The van der Waals surface area contributed by atoms with Gasteiger partial charge in [-0.05, 0) is 19.4 Å². The van der Waals surface area contributed by atoms with E-state index < -0.39 is 17.4 Å².